The number of aryl methyl sites for hydroxylation is 3. The maximum absolute atomic E-state index is 11.3. The third-order valence-electron chi connectivity index (χ3n) is 2.06. The smallest absolute Gasteiger partial charge is 0.792 e. The standard InChI is InChI=1S/C10H13O3P.2Li/c1-6-4-7(2)9(8(3)5-6)10(11)14(12)13;;/h4-5,11H,1-3H3,(H,12,13);;/q;2*+1/p-2. The van der Waals surface area contributed by atoms with E-state index in [0.29, 0.717) is 16.7 Å². The van der Waals surface area contributed by atoms with Gasteiger partial charge in [-0.2, -0.15) is 0 Å². The Morgan fingerprint density at radius 3 is 1.69 bits per heavy atom. The molecule has 0 bridgehead atoms. The molecule has 0 radical (unpaired) electrons. The first-order valence-corrected chi connectivity index (χ1v) is 5.38. The van der Waals surface area contributed by atoms with Gasteiger partial charge in [-0.3, -0.25) is 0 Å². The minimum atomic E-state index is -3.02. The molecule has 0 N–H and O–H groups in total. The number of rotatable bonds is 1. The second kappa shape index (κ2) is 7.73. The molecule has 0 saturated carbocycles. The van der Waals surface area contributed by atoms with Gasteiger partial charge < -0.3 is 14.9 Å². The van der Waals surface area contributed by atoms with Crippen LogP contribution in [0.25, 0.3) is 0 Å². The fraction of sp³-hybridized carbons (Fsp3) is 0.300. The summed E-state index contributed by atoms with van der Waals surface area (Å²) in [5, 5.41) is 11.3. The summed E-state index contributed by atoms with van der Waals surface area (Å²) in [4.78, 5) is 21.2. The predicted molar refractivity (Wildman–Crippen MR) is 51.7 cm³/mol. The zero-order chi connectivity index (χ0) is 10.9. The van der Waals surface area contributed by atoms with Crippen LogP contribution in [-0.2, 0) is 0 Å². The minimum absolute atomic E-state index is 0. The fourth-order valence-electron chi connectivity index (χ4n) is 1.61. The molecule has 16 heavy (non-hydrogen) atoms. The average molecular weight is 224 g/mol. The first-order chi connectivity index (χ1) is 6.43. The molecule has 0 aromatic heterocycles. The molecule has 76 valence electrons. The van der Waals surface area contributed by atoms with Crippen molar-refractivity contribution in [3.05, 3.63) is 34.4 Å². The molecule has 0 atom stereocenters. The van der Waals surface area contributed by atoms with Crippen molar-refractivity contribution in [2.24, 2.45) is 0 Å². The van der Waals surface area contributed by atoms with Crippen LogP contribution in [0.2, 0.25) is 0 Å². The molecule has 0 fully saturated rings. The van der Waals surface area contributed by atoms with Gasteiger partial charge in [-0.05, 0) is 39.9 Å². The molecule has 0 aliphatic carbocycles. The maximum atomic E-state index is 11.3. The van der Waals surface area contributed by atoms with Gasteiger partial charge in [0.15, 0.2) is 0 Å². The summed E-state index contributed by atoms with van der Waals surface area (Å²) in [6, 6.07) is 3.61. The SMILES string of the molecule is Cc1cc(C)c(C([O-])=[P+]([O-])[O-])c(C)c1.[Li+].[Li+]. The number of benzene rings is 1. The largest absolute Gasteiger partial charge is 1.00 e. The molecule has 0 heterocycles. The van der Waals surface area contributed by atoms with Gasteiger partial charge in [-0.1, -0.05) is 17.7 Å². The summed E-state index contributed by atoms with van der Waals surface area (Å²) >= 11 is 0. The van der Waals surface area contributed by atoms with E-state index in [9.17, 15) is 14.9 Å². The van der Waals surface area contributed by atoms with E-state index in [2.05, 4.69) is 0 Å². The first-order valence-electron chi connectivity index (χ1n) is 4.20. The number of hydrogen-bond acceptors (Lipinski definition) is 3. The van der Waals surface area contributed by atoms with E-state index in [1.165, 1.54) is 0 Å². The van der Waals surface area contributed by atoms with Gasteiger partial charge in [-0.25, -0.2) is 0 Å². The monoisotopic (exact) mass is 224 g/mol. The maximum Gasteiger partial charge on any atom is 1.00 e. The van der Waals surface area contributed by atoms with Crippen LogP contribution in [0.4, 0.5) is 0 Å². The molecule has 6 heteroatoms. The third kappa shape index (κ3) is 4.38. The predicted octanol–water partition coefficient (Wildman–Crippen LogP) is -6.51. The first kappa shape index (κ1) is 18.8. The van der Waals surface area contributed by atoms with E-state index in [-0.39, 0.29) is 37.7 Å². The molecular weight excluding hydrogens is 213 g/mol. The van der Waals surface area contributed by atoms with E-state index in [1.807, 2.05) is 6.92 Å². The van der Waals surface area contributed by atoms with Gasteiger partial charge in [0, 0.05) is 11.0 Å². The van der Waals surface area contributed by atoms with E-state index in [4.69, 9.17) is 0 Å². The van der Waals surface area contributed by atoms with Crippen LogP contribution < -0.4 is 52.6 Å². The van der Waals surface area contributed by atoms with Crippen molar-refractivity contribution in [2.45, 2.75) is 20.8 Å². The molecule has 1 rings (SSSR count). The Bertz CT molecular complexity index is 378. The van der Waals surface area contributed by atoms with E-state index in [0.717, 1.165) is 5.56 Å². The van der Waals surface area contributed by atoms with Crippen LogP contribution in [0.1, 0.15) is 22.3 Å². The van der Waals surface area contributed by atoms with Crippen molar-refractivity contribution >= 4 is 13.5 Å². The number of hydrogen-bond donors (Lipinski definition) is 0. The molecule has 0 saturated heterocycles. The van der Waals surface area contributed by atoms with Gasteiger partial charge in [-0.15, -0.1) is 0 Å². The Hall–Kier alpha value is 0.465. The van der Waals surface area contributed by atoms with Crippen LogP contribution >= 0.6 is 8.00 Å². The topological polar surface area (TPSA) is 69.2 Å². The van der Waals surface area contributed by atoms with Crippen molar-refractivity contribution in [3.8, 4) is 0 Å². The van der Waals surface area contributed by atoms with Crippen LogP contribution in [0, 0.1) is 20.8 Å². The van der Waals surface area contributed by atoms with Crippen LogP contribution in [0.5, 0.6) is 0 Å². The quantitative estimate of drug-likeness (QED) is 0.352. The van der Waals surface area contributed by atoms with Crippen LogP contribution in [0.15, 0.2) is 12.1 Å². The molecule has 0 aliphatic heterocycles. The van der Waals surface area contributed by atoms with Crippen molar-refractivity contribution in [3.63, 3.8) is 0 Å². The molecule has 1 aromatic carbocycles. The summed E-state index contributed by atoms with van der Waals surface area (Å²) in [6.45, 7) is 5.39. The van der Waals surface area contributed by atoms with Gasteiger partial charge >= 0.3 is 37.7 Å². The second-order valence-corrected chi connectivity index (χ2v) is 4.26. The third-order valence-corrected chi connectivity index (χ3v) is 2.61. The Labute approximate surface area is 121 Å². The molecular formula is C10H11Li2O3P. The van der Waals surface area contributed by atoms with E-state index in [1.54, 1.807) is 26.0 Å². The Morgan fingerprint density at radius 1 is 1.00 bits per heavy atom. The van der Waals surface area contributed by atoms with E-state index >= 15 is 0 Å². The molecule has 0 amide bonds. The van der Waals surface area contributed by atoms with Crippen molar-refractivity contribution in [2.75, 3.05) is 0 Å². The van der Waals surface area contributed by atoms with Gasteiger partial charge in [0.2, 0.25) is 0 Å². The minimum Gasteiger partial charge on any atom is -0.792 e. The average Bonchev–Trinajstić information content (AvgIpc) is 2.01. The second-order valence-electron chi connectivity index (χ2n) is 3.34. The van der Waals surface area contributed by atoms with E-state index < -0.39 is 13.5 Å². The molecule has 0 unspecified atom stereocenters. The molecule has 0 aliphatic rings. The van der Waals surface area contributed by atoms with Gasteiger partial charge in [0.1, 0.15) is 0 Å². The summed E-state index contributed by atoms with van der Waals surface area (Å²) in [6.07, 6.45) is 0. The van der Waals surface area contributed by atoms with Crippen molar-refractivity contribution in [1.82, 2.24) is 0 Å². The Balaban J connectivity index is 0. The Morgan fingerprint density at radius 2 is 1.38 bits per heavy atom. The van der Waals surface area contributed by atoms with Crippen molar-refractivity contribution in [1.29, 1.82) is 0 Å². The summed E-state index contributed by atoms with van der Waals surface area (Å²) < 4.78 is 0. The van der Waals surface area contributed by atoms with Crippen LogP contribution in [0.3, 0.4) is 0 Å². The normalized spacial score (nSPS) is 8.88. The molecule has 0 spiro atoms. The molecule has 3 nitrogen and oxygen atoms in total. The van der Waals surface area contributed by atoms with Gasteiger partial charge in [0.25, 0.3) is 0 Å². The fourth-order valence-corrected chi connectivity index (χ4v) is 2.14. The van der Waals surface area contributed by atoms with Crippen LogP contribution in [-0.4, -0.2) is 5.48 Å². The summed E-state index contributed by atoms with van der Waals surface area (Å²) in [5.74, 6) is 0. The summed E-state index contributed by atoms with van der Waals surface area (Å²) in [7, 11) is -3.02. The zero-order valence-electron chi connectivity index (χ0n) is 10.3. The Kier molecular flexibility index (Phi) is 9.09. The zero-order valence-corrected chi connectivity index (χ0v) is 11.2. The van der Waals surface area contributed by atoms with Gasteiger partial charge in [0.05, 0.1) is 0 Å². The summed E-state index contributed by atoms with van der Waals surface area (Å²) in [5.41, 5.74) is 1.97. The molecule has 1 aromatic rings. The van der Waals surface area contributed by atoms with Crippen molar-refractivity contribution < 1.29 is 52.6 Å².